The van der Waals surface area contributed by atoms with Gasteiger partial charge in [-0.15, -0.1) is 0 Å². The summed E-state index contributed by atoms with van der Waals surface area (Å²) in [6, 6.07) is 9.85. The Balaban J connectivity index is 1.64. The lowest BCUT2D eigenvalue weighted by Crippen LogP contribution is -2.30. The van der Waals surface area contributed by atoms with Crippen LogP contribution >= 0.6 is 11.8 Å². The number of carbonyl (C=O) groups is 1. The summed E-state index contributed by atoms with van der Waals surface area (Å²) in [7, 11) is 1.94. The number of imidazole rings is 1. The summed E-state index contributed by atoms with van der Waals surface area (Å²) in [4.78, 5) is 16.7. The number of hydrogen-bond donors (Lipinski definition) is 2. The molecule has 0 aliphatic rings. The average molecular weight is 385 g/mol. The molecule has 0 aliphatic heterocycles. The summed E-state index contributed by atoms with van der Waals surface area (Å²) in [6.45, 7) is 4.98. The van der Waals surface area contributed by atoms with Crippen LogP contribution in [0, 0.1) is 13.8 Å². The molecule has 0 unspecified atom stereocenters. The van der Waals surface area contributed by atoms with Gasteiger partial charge in [0, 0.05) is 13.1 Å². The summed E-state index contributed by atoms with van der Waals surface area (Å²) >= 11 is 1.57. The number of aromatic nitrogens is 4. The van der Waals surface area contributed by atoms with Gasteiger partial charge < -0.3 is 9.88 Å². The fourth-order valence-electron chi connectivity index (χ4n) is 2.86. The zero-order valence-electron chi connectivity index (χ0n) is 16.0. The summed E-state index contributed by atoms with van der Waals surface area (Å²) in [5.74, 6) is 0.668. The van der Waals surface area contributed by atoms with Gasteiger partial charge in [-0.1, -0.05) is 41.6 Å². The van der Waals surface area contributed by atoms with Crippen LogP contribution in [0.4, 0.5) is 10.6 Å². The van der Waals surface area contributed by atoms with Crippen molar-refractivity contribution in [1.82, 2.24) is 24.6 Å². The van der Waals surface area contributed by atoms with E-state index in [9.17, 15) is 4.79 Å². The van der Waals surface area contributed by atoms with E-state index >= 15 is 0 Å². The zero-order valence-corrected chi connectivity index (χ0v) is 16.8. The van der Waals surface area contributed by atoms with Crippen molar-refractivity contribution < 1.29 is 4.79 Å². The van der Waals surface area contributed by atoms with Crippen molar-refractivity contribution in [2.75, 3.05) is 11.6 Å². The highest BCUT2D eigenvalue weighted by atomic mass is 32.2. The minimum absolute atomic E-state index is 0.271. The molecule has 3 rings (SSSR count). The predicted octanol–water partition coefficient (Wildman–Crippen LogP) is 3.33. The van der Waals surface area contributed by atoms with E-state index in [1.807, 2.05) is 36.9 Å². The first-order valence-corrected chi connectivity index (χ1v) is 9.88. The molecular formula is C19H24N6OS. The zero-order chi connectivity index (χ0) is 19.4. The largest absolute Gasteiger partial charge is 0.332 e. The number of carbonyl (C=O) groups excluding carboxylic acids is 1. The van der Waals surface area contributed by atoms with Gasteiger partial charge in [0.15, 0.2) is 5.16 Å². The van der Waals surface area contributed by atoms with Crippen LogP contribution in [0.3, 0.4) is 0 Å². The Labute approximate surface area is 163 Å². The van der Waals surface area contributed by atoms with Gasteiger partial charge in [-0.05, 0) is 25.7 Å². The number of thioether (sulfide) groups is 1. The molecule has 2 amide bonds. The van der Waals surface area contributed by atoms with Crippen LogP contribution in [0.2, 0.25) is 0 Å². The fourth-order valence-corrected chi connectivity index (χ4v) is 3.41. The highest BCUT2D eigenvalue weighted by Crippen LogP contribution is 2.15. The van der Waals surface area contributed by atoms with Crippen molar-refractivity contribution in [1.29, 1.82) is 0 Å². The number of nitrogens with zero attached hydrogens (tertiary/aromatic N) is 4. The molecule has 142 valence electrons. The van der Waals surface area contributed by atoms with Crippen molar-refractivity contribution in [3.63, 3.8) is 0 Å². The van der Waals surface area contributed by atoms with Crippen molar-refractivity contribution in [2.24, 2.45) is 7.05 Å². The molecule has 0 spiro atoms. The fraction of sp³-hybridized carbons (Fsp3) is 0.316. The van der Waals surface area contributed by atoms with Crippen LogP contribution in [0.15, 0.2) is 41.7 Å². The molecule has 1 aromatic carbocycles. The molecule has 0 radical (unpaired) electrons. The first-order valence-electron chi connectivity index (χ1n) is 8.65. The van der Waals surface area contributed by atoms with E-state index in [0.29, 0.717) is 18.9 Å². The maximum Gasteiger partial charge on any atom is 0.320 e. The second-order valence-electron chi connectivity index (χ2n) is 6.42. The lowest BCUT2D eigenvalue weighted by atomic mass is 10.1. The average Bonchev–Trinajstić information content (AvgIpc) is 3.15. The normalized spacial score (nSPS) is 10.8. The molecule has 0 saturated heterocycles. The smallest absolute Gasteiger partial charge is 0.320 e. The third-order valence-electron chi connectivity index (χ3n) is 4.21. The minimum atomic E-state index is -0.271. The van der Waals surface area contributed by atoms with Crippen LogP contribution in [-0.2, 0) is 20.1 Å². The van der Waals surface area contributed by atoms with Gasteiger partial charge in [0.05, 0.1) is 30.7 Å². The van der Waals surface area contributed by atoms with Crippen molar-refractivity contribution in [3.8, 4) is 0 Å². The summed E-state index contributed by atoms with van der Waals surface area (Å²) < 4.78 is 3.77. The lowest BCUT2D eigenvalue weighted by Gasteiger charge is -2.11. The predicted molar refractivity (Wildman–Crippen MR) is 108 cm³/mol. The minimum Gasteiger partial charge on any atom is -0.332 e. The Morgan fingerprint density at radius 2 is 2.07 bits per heavy atom. The standard InChI is InChI=1S/C19H24N6OS/c1-13-6-5-7-15(8-13)12-25-17(9-14(2)23-25)22-18(26)20-10-16-11-21-19(27-4)24(16)3/h5-9,11H,10,12H2,1-4H3,(H2,20,22,26). The molecule has 0 bridgehead atoms. The molecule has 0 aliphatic carbocycles. The van der Waals surface area contributed by atoms with E-state index in [1.165, 1.54) is 5.56 Å². The van der Waals surface area contributed by atoms with Gasteiger partial charge in [-0.2, -0.15) is 5.10 Å². The van der Waals surface area contributed by atoms with Gasteiger partial charge in [0.1, 0.15) is 5.82 Å². The Morgan fingerprint density at radius 1 is 1.26 bits per heavy atom. The number of anilines is 1. The number of urea groups is 1. The molecule has 2 N–H and O–H groups in total. The van der Waals surface area contributed by atoms with Crippen molar-refractivity contribution in [3.05, 3.63) is 59.0 Å². The number of benzene rings is 1. The Bertz CT molecular complexity index is 946. The van der Waals surface area contributed by atoms with Crippen LogP contribution in [-0.4, -0.2) is 31.6 Å². The van der Waals surface area contributed by atoms with Gasteiger partial charge in [0.25, 0.3) is 0 Å². The summed E-state index contributed by atoms with van der Waals surface area (Å²) in [5.41, 5.74) is 4.14. The van der Waals surface area contributed by atoms with E-state index < -0.39 is 0 Å². The van der Waals surface area contributed by atoms with E-state index in [-0.39, 0.29) is 6.03 Å². The highest BCUT2D eigenvalue weighted by molar-refractivity contribution is 7.98. The number of amides is 2. The maximum absolute atomic E-state index is 12.3. The van der Waals surface area contributed by atoms with Gasteiger partial charge in [-0.3, -0.25) is 5.32 Å². The molecular weight excluding hydrogens is 360 g/mol. The monoisotopic (exact) mass is 384 g/mol. The maximum atomic E-state index is 12.3. The van der Waals surface area contributed by atoms with Crippen LogP contribution in [0.25, 0.3) is 0 Å². The van der Waals surface area contributed by atoms with Crippen LogP contribution in [0.1, 0.15) is 22.5 Å². The van der Waals surface area contributed by atoms with E-state index in [2.05, 4.69) is 45.8 Å². The molecule has 3 aromatic rings. The first kappa shape index (κ1) is 19.0. The Hall–Kier alpha value is -2.74. The summed E-state index contributed by atoms with van der Waals surface area (Å²) in [5, 5.41) is 11.2. The number of hydrogen-bond acceptors (Lipinski definition) is 4. The SMILES string of the molecule is CSc1ncc(CNC(=O)Nc2cc(C)nn2Cc2cccc(C)c2)n1C. The second kappa shape index (κ2) is 8.30. The number of nitrogens with one attached hydrogen (secondary N) is 2. The molecule has 0 atom stereocenters. The van der Waals surface area contributed by atoms with E-state index in [4.69, 9.17) is 0 Å². The van der Waals surface area contributed by atoms with Gasteiger partial charge in [-0.25, -0.2) is 14.5 Å². The highest BCUT2D eigenvalue weighted by Gasteiger charge is 2.11. The van der Waals surface area contributed by atoms with E-state index in [0.717, 1.165) is 22.1 Å². The topological polar surface area (TPSA) is 76.8 Å². The van der Waals surface area contributed by atoms with Crippen LogP contribution < -0.4 is 10.6 Å². The molecule has 8 heteroatoms. The van der Waals surface area contributed by atoms with E-state index in [1.54, 1.807) is 22.6 Å². The Kier molecular flexibility index (Phi) is 5.85. The summed E-state index contributed by atoms with van der Waals surface area (Å²) in [6.07, 6.45) is 3.75. The Morgan fingerprint density at radius 3 is 2.78 bits per heavy atom. The molecule has 2 heterocycles. The second-order valence-corrected chi connectivity index (χ2v) is 7.19. The van der Waals surface area contributed by atoms with Crippen molar-refractivity contribution in [2.45, 2.75) is 32.1 Å². The van der Waals surface area contributed by atoms with Crippen LogP contribution in [0.5, 0.6) is 0 Å². The lowest BCUT2D eigenvalue weighted by molar-refractivity contribution is 0.251. The van der Waals surface area contributed by atoms with Gasteiger partial charge >= 0.3 is 6.03 Å². The third kappa shape index (κ3) is 4.71. The molecule has 0 fully saturated rings. The van der Waals surface area contributed by atoms with Gasteiger partial charge in [0.2, 0.25) is 0 Å². The third-order valence-corrected chi connectivity index (χ3v) is 4.96. The quantitative estimate of drug-likeness (QED) is 0.639. The molecule has 2 aromatic heterocycles. The van der Waals surface area contributed by atoms with Crippen molar-refractivity contribution >= 4 is 23.6 Å². The molecule has 0 saturated carbocycles. The molecule has 7 nitrogen and oxygen atoms in total. The molecule has 27 heavy (non-hydrogen) atoms. The first-order chi connectivity index (χ1) is 13.0. The number of aryl methyl sites for hydroxylation is 2. The number of rotatable bonds is 6.